The molecule has 0 amide bonds. The fourth-order valence-corrected chi connectivity index (χ4v) is 2.37. The highest BCUT2D eigenvalue weighted by Gasteiger charge is 2.37. The molecular formula is C17H14F6N2O2. The van der Waals surface area contributed by atoms with Crippen LogP contribution in [0.4, 0.5) is 37.8 Å². The lowest BCUT2D eigenvalue weighted by molar-refractivity contribution is -0.143. The van der Waals surface area contributed by atoms with Gasteiger partial charge in [0.1, 0.15) is 5.82 Å². The van der Waals surface area contributed by atoms with Crippen molar-refractivity contribution < 1.29 is 36.2 Å². The van der Waals surface area contributed by atoms with E-state index < -0.39 is 29.4 Å². The van der Waals surface area contributed by atoms with E-state index in [9.17, 15) is 31.1 Å². The number of aromatic nitrogens is 1. The van der Waals surface area contributed by atoms with Crippen LogP contribution in [0.5, 0.6) is 0 Å². The Balaban J connectivity index is 2.60. The SMILES string of the molecule is CCCN(c1cc(C(F)(F)F)cc(C(F)(F)F)c1)c1ccc(C(=O)O)cn1. The Hall–Kier alpha value is -2.78. The lowest BCUT2D eigenvalue weighted by Gasteiger charge is -2.25. The van der Waals surface area contributed by atoms with Gasteiger partial charge < -0.3 is 10.0 Å². The van der Waals surface area contributed by atoms with Crippen molar-refractivity contribution in [2.75, 3.05) is 11.4 Å². The summed E-state index contributed by atoms with van der Waals surface area (Å²) in [6.07, 6.45) is -8.54. The van der Waals surface area contributed by atoms with Crippen LogP contribution in [0.3, 0.4) is 0 Å². The number of carbonyl (C=O) groups is 1. The molecule has 0 aliphatic carbocycles. The molecule has 0 unspecified atom stereocenters. The number of nitrogens with zero attached hydrogens (tertiary/aromatic N) is 2. The highest BCUT2D eigenvalue weighted by atomic mass is 19.4. The summed E-state index contributed by atoms with van der Waals surface area (Å²) in [5.41, 5.74) is -3.36. The third-order valence-corrected chi connectivity index (χ3v) is 3.60. The summed E-state index contributed by atoms with van der Waals surface area (Å²) in [6, 6.07) is 3.67. The van der Waals surface area contributed by atoms with Gasteiger partial charge >= 0.3 is 18.3 Å². The number of hydrogen-bond acceptors (Lipinski definition) is 3. The highest BCUT2D eigenvalue weighted by Crippen LogP contribution is 2.39. The maximum atomic E-state index is 13.1. The first-order chi connectivity index (χ1) is 12.4. The maximum absolute atomic E-state index is 13.1. The maximum Gasteiger partial charge on any atom is 0.416 e. The summed E-state index contributed by atoms with van der Waals surface area (Å²) in [5.74, 6) is -1.22. The van der Waals surface area contributed by atoms with Crippen LogP contribution in [0, 0.1) is 0 Å². The Morgan fingerprint density at radius 1 is 1.04 bits per heavy atom. The number of anilines is 2. The second-order valence-corrected chi connectivity index (χ2v) is 5.63. The van der Waals surface area contributed by atoms with Gasteiger partial charge in [-0.1, -0.05) is 6.92 Å². The number of aromatic carboxylic acids is 1. The number of halogens is 6. The van der Waals surface area contributed by atoms with Crippen molar-refractivity contribution in [3.8, 4) is 0 Å². The van der Waals surface area contributed by atoms with Crippen LogP contribution in [0.15, 0.2) is 36.5 Å². The van der Waals surface area contributed by atoms with E-state index in [0.717, 1.165) is 6.20 Å². The van der Waals surface area contributed by atoms with Gasteiger partial charge in [-0.25, -0.2) is 9.78 Å². The van der Waals surface area contributed by atoms with Gasteiger partial charge in [0, 0.05) is 18.4 Å². The van der Waals surface area contributed by atoms with Gasteiger partial charge in [-0.2, -0.15) is 26.3 Å². The van der Waals surface area contributed by atoms with Gasteiger partial charge in [-0.05, 0) is 36.8 Å². The normalized spacial score (nSPS) is 12.1. The summed E-state index contributed by atoms with van der Waals surface area (Å²) in [6.45, 7) is 1.77. The van der Waals surface area contributed by atoms with Crippen molar-refractivity contribution in [1.82, 2.24) is 4.98 Å². The molecule has 0 spiro atoms. The molecule has 0 radical (unpaired) electrons. The van der Waals surface area contributed by atoms with Crippen molar-refractivity contribution in [2.24, 2.45) is 0 Å². The monoisotopic (exact) mass is 392 g/mol. The molecule has 0 saturated heterocycles. The Labute approximate surface area is 150 Å². The van der Waals surface area contributed by atoms with E-state index in [1.807, 2.05) is 0 Å². The topological polar surface area (TPSA) is 53.4 Å². The van der Waals surface area contributed by atoms with E-state index in [4.69, 9.17) is 5.11 Å². The van der Waals surface area contributed by atoms with Gasteiger partial charge in [-0.15, -0.1) is 0 Å². The van der Waals surface area contributed by atoms with Crippen LogP contribution in [0.25, 0.3) is 0 Å². The fraction of sp³-hybridized carbons (Fsp3) is 0.294. The van der Waals surface area contributed by atoms with Crippen LogP contribution in [-0.4, -0.2) is 22.6 Å². The molecule has 1 N–H and O–H groups in total. The minimum atomic E-state index is -4.96. The molecule has 2 rings (SSSR count). The van der Waals surface area contributed by atoms with E-state index in [-0.39, 0.29) is 29.7 Å². The standard InChI is InChI=1S/C17H14F6N2O2/c1-2-5-25(14-4-3-10(9-24-14)15(26)27)13-7-11(16(18,19)20)6-12(8-13)17(21,22)23/h3-4,6-9H,2,5H2,1H3,(H,26,27). The highest BCUT2D eigenvalue weighted by molar-refractivity contribution is 5.87. The van der Waals surface area contributed by atoms with E-state index in [0.29, 0.717) is 18.6 Å². The van der Waals surface area contributed by atoms with Crippen molar-refractivity contribution in [3.63, 3.8) is 0 Å². The van der Waals surface area contributed by atoms with Gasteiger partial charge in [0.2, 0.25) is 0 Å². The second-order valence-electron chi connectivity index (χ2n) is 5.63. The van der Waals surface area contributed by atoms with E-state index in [2.05, 4.69) is 4.98 Å². The van der Waals surface area contributed by atoms with Crippen molar-refractivity contribution >= 4 is 17.5 Å². The number of carboxylic acids is 1. The third-order valence-electron chi connectivity index (χ3n) is 3.60. The smallest absolute Gasteiger partial charge is 0.416 e. The average Bonchev–Trinajstić information content (AvgIpc) is 2.58. The summed E-state index contributed by atoms with van der Waals surface area (Å²) in [5, 5.41) is 8.88. The molecule has 4 nitrogen and oxygen atoms in total. The molecule has 10 heteroatoms. The van der Waals surface area contributed by atoms with Crippen LogP contribution < -0.4 is 4.90 Å². The predicted molar refractivity (Wildman–Crippen MR) is 84.9 cm³/mol. The molecule has 146 valence electrons. The zero-order valence-electron chi connectivity index (χ0n) is 13.9. The zero-order valence-corrected chi connectivity index (χ0v) is 13.9. The number of alkyl halides is 6. The average molecular weight is 392 g/mol. The molecule has 0 fully saturated rings. The van der Waals surface area contributed by atoms with Gasteiger partial charge in [0.15, 0.2) is 0 Å². The Bertz CT molecular complexity index is 783. The summed E-state index contributed by atoms with van der Waals surface area (Å²) in [7, 11) is 0. The molecule has 1 aromatic heterocycles. The van der Waals surface area contributed by atoms with Crippen molar-refractivity contribution in [1.29, 1.82) is 0 Å². The van der Waals surface area contributed by atoms with Crippen LogP contribution in [0.2, 0.25) is 0 Å². The number of rotatable bonds is 5. The Morgan fingerprint density at radius 2 is 1.59 bits per heavy atom. The van der Waals surface area contributed by atoms with Crippen LogP contribution in [0.1, 0.15) is 34.8 Å². The summed E-state index contributed by atoms with van der Waals surface area (Å²) in [4.78, 5) is 15.9. The van der Waals surface area contributed by atoms with Gasteiger partial charge in [0.05, 0.1) is 16.7 Å². The first-order valence-corrected chi connectivity index (χ1v) is 7.70. The molecule has 1 aromatic carbocycles. The summed E-state index contributed by atoms with van der Waals surface area (Å²) >= 11 is 0. The Morgan fingerprint density at radius 3 is 1.96 bits per heavy atom. The first kappa shape index (κ1) is 20.5. The minimum absolute atomic E-state index is 0.0364. The number of pyridine rings is 1. The lowest BCUT2D eigenvalue weighted by Crippen LogP contribution is -2.21. The van der Waals surface area contributed by atoms with Crippen LogP contribution >= 0.6 is 0 Å². The largest absolute Gasteiger partial charge is 0.478 e. The fourth-order valence-electron chi connectivity index (χ4n) is 2.37. The van der Waals surface area contributed by atoms with Gasteiger partial charge in [-0.3, -0.25) is 0 Å². The number of benzene rings is 1. The molecule has 0 aliphatic rings. The third kappa shape index (κ3) is 4.89. The quantitative estimate of drug-likeness (QED) is 0.696. The summed E-state index contributed by atoms with van der Waals surface area (Å²) < 4.78 is 78.4. The predicted octanol–water partition coefficient (Wildman–Crippen LogP) is 5.37. The van der Waals surface area contributed by atoms with Crippen molar-refractivity contribution in [2.45, 2.75) is 25.7 Å². The molecule has 0 bridgehead atoms. The Kier molecular flexibility index (Phi) is 5.67. The molecule has 0 atom stereocenters. The number of hydrogen-bond donors (Lipinski definition) is 1. The zero-order chi connectivity index (χ0) is 20.4. The minimum Gasteiger partial charge on any atom is -0.478 e. The second kappa shape index (κ2) is 7.45. The molecule has 1 heterocycles. The molecular weight excluding hydrogens is 378 g/mol. The molecule has 0 aliphatic heterocycles. The van der Waals surface area contributed by atoms with Crippen LogP contribution in [-0.2, 0) is 12.4 Å². The molecule has 27 heavy (non-hydrogen) atoms. The first-order valence-electron chi connectivity index (χ1n) is 7.70. The van der Waals surface area contributed by atoms with Gasteiger partial charge in [0.25, 0.3) is 0 Å². The molecule has 2 aromatic rings. The number of carboxylic acid groups (broad SMARTS) is 1. The van der Waals surface area contributed by atoms with E-state index in [1.165, 1.54) is 17.0 Å². The van der Waals surface area contributed by atoms with E-state index >= 15 is 0 Å². The lowest BCUT2D eigenvalue weighted by atomic mass is 10.1. The van der Waals surface area contributed by atoms with Crippen molar-refractivity contribution in [3.05, 3.63) is 53.2 Å². The molecule has 0 saturated carbocycles. The van der Waals surface area contributed by atoms with E-state index in [1.54, 1.807) is 6.92 Å².